The maximum Gasteiger partial charge on any atom is 0.0914 e. The van der Waals surface area contributed by atoms with Crippen LogP contribution in [0.5, 0.6) is 0 Å². The molecule has 1 heterocycles. The minimum Gasteiger partial charge on any atom is -0.385 e. The molecular weight excluding hydrogens is 174 g/mol. The monoisotopic (exact) mass is 185 g/mol. The predicted molar refractivity (Wildman–Crippen MR) is 54.9 cm³/mol. The van der Waals surface area contributed by atoms with Crippen molar-refractivity contribution in [1.29, 1.82) is 0 Å². The van der Waals surface area contributed by atoms with Gasteiger partial charge in [-0.15, -0.1) is 0 Å². The average Bonchev–Trinajstić information content (AvgIpc) is 2.97. The van der Waals surface area contributed by atoms with E-state index in [9.17, 15) is 5.11 Å². The molecule has 0 saturated heterocycles. The minimum absolute atomic E-state index is 0.572. The number of nitrogens with zero attached hydrogens (tertiary/aromatic N) is 1. The standard InChI is InChI=1S/C12H11NO/c14-12(5-6-12)10-7-9-3-1-2-4-11(9)13-8-10/h1-4,7-8,14H,5-6H2. The molecule has 1 saturated carbocycles. The number of rotatable bonds is 1. The first-order valence-electron chi connectivity index (χ1n) is 4.86. The van der Waals surface area contributed by atoms with Gasteiger partial charge in [-0.3, -0.25) is 4.98 Å². The summed E-state index contributed by atoms with van der Waals surface area (Å²) in [6.45, 7) is 0. The largest absolute Gasteiger partial charge is 0.385 e. The molecule has 0 amide bonds. The third-order valence-corrected chi connectivity index (χ3v) is 2.85. The third-order valence-electron chi connectivity index (χ3n) is 2.85. The van der Waals surface area contributed by atoms with Crippen molar-refractivity contribution in [3.63, 3.8) is 0 Å². The highest BCUT2D eigenvalue weighted by atomic mass is 16.3. The van der Waals surface area contributed by atoms with Crippen molar-refractivity contribution in [3.8, 4) is 0 Å². The van der Waals surface area contributed by atoms with Crippen molar-refractivity contribution in [2.75, 3.05) is 0 Å². The number of benzene rings is 1. The van der Waals surface area contributed by atoms with Gasteiger partial charge in [0.25, 0.3) is 0 Å². The summed E-state index contributed by atoms with van der Waals surface area (Å²) in [7, 11) is 0. The highest BCUT2D eigenvalue weighted by molar-refractivity contribution is 5.79. The van der Waals surface area contributed by atoms with Gasteiger partial charge in [-0.05, 0) is 25.0 Å². The number of hydrogen-bond donors (Lipinski definition) is 1. The lowest BCUT2D eigenvalue weighted by atomic mass is 10.1. The Morgan fingerprint density at radius 2 is 2.00 bits per heavy atom. The van der Waals surface area contributed by atoms with Crippen LogP contribution >= 0.6 is 0 Å². The van der Waals surface area contributed by atoms with E-state index in [1.54, 1.807) is 6.20 Å². The topological polar surface area (TPSA) is 33.1 Å². The number of fused-ring (bicyclic) bond motifs is 1. The van der Waals surface area contributed by atoms with Gasteiger partial charge in [-0.2, -0.15) is 0 Å². The number of aliphatic hydroxyl groups is 1. The maximum atomic E-state index is 9.92. The molecular formula is C12H11NO. The molecule has 1 N–H and O–H groups in total. The van der Waals surface area contributed by atoms with Gasteiger partial charge in [-0.25, -0.2) is 0 Å². The van der Waals surface area contributed by atoms with E-state index in [0.29, 0.717) is 0 Å². The quantitative estimate of drug-likeness (QED) is 0.739. The first kappa shape index (κ1) is 7.94. The van der Waals surface area contributed by atoms with E-state index in [1.165, 1.54) is 0 Å². The molecule has 0 spiro atoms. The first-order valence-corrected chi connectivity index (χ1v) is 4.86. The van der Waals surface area contributed by atoms with Crippen LogP contribution in [0.3, 0.4) is 0 Å². The van der Waals surface area contributed by atoms with Gasteiger partial charge in [0.1, 0.15) is 0 Å². The van der Waals surface area contributed by atoms with Crippen LogP contribution in [0.1, 0.15) is 18.4 Å². The Morgan fingerprint density at radius 3 is 2.79 bits per heavy atom. The Balaban J connectivity index is 2.20. The molecule has 2 aromatic rings. The molecule has 1 aliphatic carbocycles. The smallest absolute Gasteiger partial charge is 0.0914 e. The van der Waals surface area contributed by atoms with Crippen molar-refractivity contribution in [3.05, 3.63) is 42.1 Å². The molecule has 70 valence electrons. The summed E-state index contributed by atoms with van der Waals surface area (Å²) >= 11 is 0. The Labute approximate surface area is 82.2 Å². The summed E-state index contributed by atoms with van der Waals surface area (Å²) in [6.07, 6.45) is 3.52. The van der Waals surface area contributed by atoms with Gasteiger partial charge >= 0.3 is 0 Å². The Bertz CT molecular complexity index is 488. The molecule has 0 radical (unpaired) electrons. The van der Waals surface area contributed by atoms with Crippen molar-refractivity contribution in [2.45, 2.75) is 18.4 Å². The summed E-state index contributed by atoms with van der Waals surface area (Å²) in [5.41, 5.74) is 1.37. The van der Waals surface area contributed by atoms with E-state index >= 15 is 0 Å². The zero-order chi connectivity index (χ0) is 9.60. The second kappa shape index (κ2) is 2.55. The molecule has 3 rings (SSSR count). The van der Waals surface area contributed by atoms with Gasteiger partial charge < -0.3 is 5.11 Å². The lowest BCUT2D eigenvalue weighted by molar-refractivity contribution is 0.151. The molecule has 1 aromatic carbocycles. The molecule has 0 atom stereocenters. The van der Waals surface area contributed by atoms with Crippen LogP contribution in [0.15, 0.2) is 36.5 Å². The van der Waals surface area contributed by atoms with E-state index in [0.717, 1.165) is 29.3 Å². The zero-order valence-corrected chi connectivity index (χ0v) is 7.77. The van der Waals surface area contributed by atoms with Gasteiger partial charge in [0.05, 0.1) is 11.1 Å². The van der Waals surface area contributed by atoms with Crippen molar-refractivity contribution >= 4 is 10.9 Å². The SMILES string of the molecule is OC1(c2cnc3ccccc3c2)CC1. The Morgan fingerprint density at radius 1 is 1.21 bits per heavy atom. The van der Waals surface area contributed by atoms with E-state index in [1.807, 2.05) is 30.3 Å². The molecule has 1 aliphatic rings. The van der Waals surface area contributed by atoms with Gasteiger partial charge in [0, 0.05) is 17.1 Å². The zero-order valence-electron chi connectivity index (χ0n) is 7.77. The molecule has 1 fully saturated rings. The highest BCUT2D eigenvalue weighted by Crippen LogP contribution is 2.45. The second-order valence-corrected chi connectivity index (χ2v) is 3.95. The number of aromatic nitrogens is 1. The van der Waals surface area contributed by atoms with Crippen LogP contribution in [0, 0.1) is 0 Å². The number of para-hydroxylation sites is 1. The third kappa shape index (κ3) is 1.11. The Kier molecular flexibility index (Phi) is 1.45. The van der Waals surface area contributed by atoms with Crippen LogP contribution in [-0.4, -0.2) is 10.1 Å². The van der Waals surface area contributed by atoms with Gasteiger partial charge in [-0.1, -0.05) is 18.2 Å². The van der Waals surface area contributed by atoms with Crippen LogP contribution in [0.2, 0.25) is 0 Å². The normalized spacial score (nSPS) is 18.4. The van der Waals surface area contributed by atoms with E-state index in [4.69, 9.17) is 0 Å². The molecule has 0 aliphatic heterocycles. The maximum absolute atomic E-state index is 9.92. The lowest BCUT2D eigenvalue weighted by Gasteiger charge is -2.07. The fourth-order valence-corrected chi connectivity index (χ4v) is 1.73. The molecule has 14 heavy (non-hydrogen) atoms. The summed E-state index contributed by atoms with van der Waals surface area (Å²) < 4.78 is 0. The summed E-state index contributed by atoms with van der Waals surface area (Å²) in [5, 5.41) is 11.0. The van der Waals surface area contributed by atoms with E-state index in [-0.39, 0.29) is 0 Å². The van der Waals surface area contributed by atoms with E-state index < -0.39 is 5.60 Å². The first-order chi connectivity index (χ1) is 6.78. The van der Waals surface area contributed by atoms with Crippen LogP contribution in [0.4, 0.5) is 0 Å². The van der Waals surface area contributed by atoms with E-state index in [2.05, 4.69) is 4.98 Å². The van der Waals surface area contributed by atoms with Crippen molar-refractivity contribution < 1.29 is 5.11 Å². The molecule has 0 bridgehead atoms. The van der Waals surface area contributed by atoms with Gasteiger partial charge in [0.15, 0.2) is 0 Å². The predicted octanol–water partition coefficient (Wildman–Crippen LogP) is 2.22. The van der Waals surface area contributed by atoms with Crippen molar-refractivity contribution in [2.24, 2.45) is 0 Å². The molecule has 0 unspecified atom stereocenters. The summed E-state index contributed by atoms with van der Waals surface area (Å²) in [5.74, 6) is 0. The second-order valence-electron chi connectivity index (χ2n) is 3.95. The fraction of sp³-hybridized carbons (Fsp3) is 0.250. The summed E-state index contributed by atoms with van der Waals surface area (Å²) in [4.78, 5) is 4.33. The van der Waals surface area contributed by atoms with Crippen LogP contribution in [0.25, 0.3) is 10.9 Å². The lowest BCUT2D eigenvalue weighted by Crippen LogP contribution is -2.04. The molecule has 2 heteroatoms. The van der Waals surface area contributed by atoms with Crippen LogP contribution < -0.4 is 0 Å². The van der Waals surface area contributed by atoms with Gasteiger partial charge in [0.2, 0.25) is 0 Å². The summed E-state index contributed by atoms with van der Waals surface area (Å²) in [6, 6.07) is 10.0. The average molecular weight is 185 g/mol. The fourth-order valence-electron chi connectivity index (χ4n) is 1.73. The molecule has 1 aromatic heterocycles. The molecule has 2 nitrogen and oxygen atoms in total. The number of pyridine rings is 1. The minimum atomic E-state index is -0.572. The van der Waals surface area contributed by atoms with Crippen molar-refractivity contribution in [1.82, 2.24) is 4.98 Å². The number of hydrogen-bond acceptors (Lipinski definition) is 2. The van der Waals surface area contributed by atoms with Crippen LogP contribution in [-0.2, 0) is 5.60 Å². The Hall–Kier alpha value is -1.41. The highest BCUT2D eigenvalue weighted by Gasteiger charge is 2.42.